The molecule has 9 heteroatoms. The number of hydrogen-bond donors (Lipinski definition) is 3. The van der Waals surface area contributed by atoms with Crippen LogP contribution in [-0.2, 0) is 14.8 Å². The van der Waals surface area contributed by atoms with Gasteiger partial charge in [0.15, 0.2) is 0 Å². The van der Waals surface area contributed by atoms with Crippen LogP contribution < -0.4 is 4.72 Å². The van der Waals surface area contributed by atoms with Gasteiger partial charge < -0.3 is 5.11 Å². The van der Waals surface area contributed by atoms with Crippen LogP contribution in [-0.4, -0.2) is 34.7 Å². The highest BCUT2D eigenvalue weighted by atomic mass is 32.2. The zero-order chi connectivity index (χ0) is 15.5. The Balaban J connectivity index is 2.19. The van der Waals surface area contributed by atoms with E-state index < -0.39 is 16.0 Å². The van der Waals surface area contributed by atoms with Crippen molar-refractivity contribution in [1.82, 2.24) is 15.2 Å². The molecule has 110 valence electrons. The lowest BCUT2D eigenvalue weighted by atomic mass is 10.2. The average molecular weight is 308 g/mol. The van der Waals surface area contributed by atoms with E-state index in [0.717, 1.165) is 6.08 Å². The number of rotatable bonds is 5. The fraction of sp³-hybridized carbons (Fsp3) is 0.0833. The molecule has 0 amide bonds. The Morgan fingerprint density at radius 1 is 1.33 bits per heavy atom. The van der Waals surface area contributed by atoms with E-state index in [0.29, 0.717) is 11.4 Å². The highest BCUT2D eigenvalue weighted by Crippen LogP contribution is 2.14. The van der Waals surface area contributed by atoms with Crippen LogP contribution in [0.1, 0.15) is 11.4 Å². The smallest absolute Gasteiger partial charge is 0.328 e. The van der Waals surface area contributed by atoms with Crippen LogP contribution in [0.4, 0.5) is 5.95 Å². The van der Waals surface area contributed by atoms with Crippen molar-refractivity contribution in [1.29, 1.82) is 0 Å². The van der Waals surface area contributed by atoms with Crippen LogP contribution in [0.25, 0.3) is 6.08 Å². The second-order valence-electron chi connectivity index (χ2n) is 4.09. The predicted octanol–water partition coefficient (Wildman–Crippen LogP) is 1.01. The SMILES string of the molecule is Cc1nc(NS(=O)(=O)c2ccc(/C=C/C(=O)O)cc2)n[nH]1. The first-order chi connectivity index (χ1) is 9.87. The van der Waals surface area contributed by atoms with E-state index in [-0.39, 0.29) is 10.8 Å². The number of sulfonamides is 1. The fourth-order valence-electron chi connectivity index (χ4n) is 1.49. The minimum absolute atomic E-state index is 0.0254. The van der Waals surface area contributed by atoms with Crippen molar-refractivity contribution in [3.8, 4) is 0 Å². The number of aryl methyl sites for hydroxylation is 1. The van der Waals surface area contributed by atoms with Gasteiger partial charge >= 0.3 is 5.97 Å². The molecule has 1 heterocycles. The third-order valence-electron chi connectivity index (χ3n) is 2.43. The summed E-state index contributed by atoms with van der Waals surface area (Å²) in [5.74, 6) is -0.627. The van der Waals surface area contributed by atoms with Gasteiger partial charge in [0.1, 0.15) is 5.82 Å². The van der Waals surface area contributed by atoms with Crippen molar-refractivity contribution in [3.63, 3.8) is 0 Å². The van der Waals surface area contributed by atoms with E-state index in [1.165, 1.54) is 30.3 Å². The molecule has 0 atom stereocenters. The monoisotopic (exact) mass is 308 g/mol. The standard InChI is InChI=1S/C12H12N4O4S/c1-8-13-12(15-14-8)16-21(19,20)10-5-2-9(3-6-10)4-7-11(17)18/h2-7H,1H3,(H,17,18)(H2,13,14,15,16)/b7-4+. The van der Waals surface area contributed by atoms with E-state index in [1.807, 2.05) is 0 Å². The number of hydrogen-bond acceptors (Lipinski definition) is 5. The molecule has 0 saturated heterocycles. The van der Waals surface area contributed by atoms with Crippen LogP contribution in [0.2, 0.25) is 0 Å². The second-order valence-corrected chi connectivity index (χ2v) is 5.77. The number of H-pyrrole nitrogens is 1. The van der Waals surface area contributed by atoms with Gasteiger partial charge in [0.25, 0.3) is 16.0 Å². The number of carboxylic acids is 1. The summed E-state index contributed by atoms with van der Waals surface area (Å²) in [6.07, 6.45) is 2.34. The van der Waals surface area contributed by atoms with Crippen molar-refractivity contribution >= 4 is 28.0 Å². The molecule has 8 nitrogen and oxygen atoms in total. The largest absolute Gasteiger partial charge is 0.478 e. The molecule has 2 aromatic rings. The molecule has 0 unspecified atom stereocenters. The summed E-state index contributed by atoms with van der Waals surface area (Å²) < 4.78 is 26.4. The second kappa shape index (κ2) is 5.75. The molecule has 0 aliphatic rings. The number of anilines is 1. The number of aromatic amines is 1. The van der Waals surface area contributed by atoms with Crippen LogP contribution >= 0.6 is 0 Å². The zero-order valence-corrected chi connectivity index (χ0v) is 11.8. The van der Waals surface area contributed by atoms with Gasteiger partial charge in [-0.1, -0.05) is 12.1 Å². The molecular weight excluding hydrogens is 296 g/mol. The van der Waals surface area contributed by atoms with Gasteiger partial charge in [0.05, 0.1) is 4.90 Å². The first kappa shape index (κ1) is 14.7. The van der Waals surface area contributed by atoms with Gasteiger partial charge in [-0.25, -0.2) is 17.9 Å². The number of nitrogens with zero attached hydrogens (tertiary/aromatic N) is 2. The van der Waals surface area contributed by atoms with Crippen LogP contribution in [0.3, 0.4) is 0 Å². The number of benzene rings is 1. The summed E-state index contributed by atoms with van der Waals surface area (Å²) >= 11 is 0. The Labute approximate surface area is 120 Å². The maximum Gasteiger partial charge on any atom is 0.328 e. The Kier molecular flexibility index (Phi) is 4.03. The highest BCUT2D eigenvalue weighted by molar-refractivity contribution is 7.92. The van der Waals surface area contributed by atoms with E-state index in [2.05, 4.69) is 19.9 Å². The minimum Gasteiger partial charge on any atom is -0.478 e. The summed E-state index contributed by atoms with van der Waals surface area (Å²) in [7, 11) is -3.78. The molecule has 0 fully saturated rings. The van der Waals surface area contributed by atoms with Gasteiger partial charge in [0, 0.05) is 6.08 Å². The maximum absolute atomic E-state index is 12.1. The lowest BCUT2D eigenvalue weighted by Crippen LogP contribution is -2.13. The molecule has 0 spiro atoms. The summed E-state index contributed by atoms with van der Waals surface area (Å²) in [5.41, 5.74) is 0.574. The van der Waals surface area contributed by atoms with E-state index >= 15 is 0 Å². The van der Waals surface area contributed by atoms with Crippen molar-refractivity contribution in [2.24, 2.45) is 0 Å². The lowest BCUT2D eigenvalue weighted by Gasteiger charge is -2.04. The molecule has 2 rings (SSSR count). The van der Waals surface area contributed by atoms with Crippen molar-refractivity contribution in [2.75, 3.05) is 4.72 Å². The van der Waals surface area contributed by atoms with Crippen molar-refractivity contribution in [3.05, 3.63) is 41.7 Å². The molecule has 0 bridgehead atoms. The van der Waals surface area contributed by atoms with Gasteiger partial charge in [-0.05, 0) is 30.7 Å². The molecule has 3 N–H and O–H groups in total. The quantitative estimate of drug-likeness (QED) is 0.708. The number of aliphatic carboxylic acids is 1. The molecule has 1 aromatic carbocycles. The van der Waals surface area contributed by atoms with Crippen molar-refractivity contribution < 1.29 is 18.3 Å². The van der Waals surface area contributed by atoms with Crippen LogP contribution in [0.5, 0.6) is 0 Å². The first-order valence-corrected chi connectivity index (χ1v) is 7.28. The summed E-state index contributed by atoms with van der Waals surface area (Å²) in [6.45, 7) is 1.65. The van der Waals surface area contributed by atoms with E-state index in [1.54, 1.807) is 6.92 Å². The van der Waals surface area contributed by atoms with Gasteiger partial charge in [-0.3, -0.25) is 5.10 Å². The number of aromatic nitrogens is 3. The van der Waals surface area contributed by atoms with Gasteiger partial charge in [-0.15, -0.1) is 5.10 Å². The normalized spacial score (nSPS) is 11.7. The minimum atomic E-state index is -3.78. The Morgan fingerprint density at radius 2 is 2.00 bits per heavy atom. The summed E-state index contributed by atoms with van der Waals surface area (Å²) in [5, 5.41) is 14.7. The first-order valence-electron chi connectivity index (χ1n) is 5.80. The predicted molar refractivity (Wildman–Crippen MR) is 75.0 cm³/mol. The highest BCUT2D eigenvalue weighted by Gasteiger charge is 2.16. The number of nitrogens with one attached hydrogen (secondary N) is 2. The van der Waals surface area contributed by atoms with Gasteiger partial charge in [0.2, 0.25) is 0 Å². The Hall–Kier alpha value is -2.68. The topological polar surface area (TPSA) is 125 Å². The summed E-state index contributed by atoms with van der Waals surface area (Å²) in [4.78, 5) is 14.3. The third kappa shape index (κ3) is 3.89. The molecule has 0 aliphatic carbocycles. The third-order valence-corrected chi connectivity index (χ3v) is 3.78. The van der Waals surface area contributed by atoms with Gasteiger partial charge in [-0.2, -0.15) is 4.98 Å². The molecule has 1 aromatic heterocycles. The Morgan fingerprint density at radius 3 is 2.52 bits per heavy atom. The number of carbonyl (C=O) groups is 1. The molecular formula is C12H12N4O4S. The van der Waals surface area contributed by atoms with E-state index in [9.17, 15) is 13.2 Å². The fourth-order valence-corrected chi connectivity index (χ4v) is 2.44. The summed E-state index contributed by atoms with van der Waals surface area (Å²) in [6, 6.07) is 5.72. The molecule has 0 saturated carbocycles. The Bertz CT molecular complexity index is 778. The van der Waals surface area contributed by atoms with Crippen molar-refractivity contribution in [2.45, 2.75) is 11.8 Å². The molecule has 0 radical (unpaired) electrons. The maximum atomic E-state index is 12.1. The van der Waals surface area contributed by atoms with E-state index in [4.69, 9.17) is 5.11 Å². The average Bonchev–Trinajstić information content (AvgIpc) is 2.81. The zero-order valence-electron chi connectivity index (χ0n) is 10.9. The molecule has 21 heavy (non-hydrogen) atoms. The van der Waals surface area contributed by atoms with Crippen LogP contribution in [0, 0.1) is 6.92 Å². The molecule has 0 aliphatic heterocycles. The number of carboxylic acid groups (broad SMARTS) is 1. The lowest BCUT2D eigenvalue weighted by molar-refractivity contribution is -0.131. The van der Waals surface area contributed by atoms with Crippen LogP contribution in [0.15, 0.2) is 35.2 Å².